The van der Waals surface area contributed by atoms with Crippen LogP contribution in [0.15, 0.2) is 18.2 Å². The van der Waals surface area contributed by atoms with Gasteiger partial charge in [-0.05, 0) is 6.42 Å². The van der Waals surface area contributed by atoms with Crippen LogP contribution < -0.4 is 19.4 Å². The largest absolute Gasteiger partial charge is 0.754 e. The maximum Gasteiger partial charge on any atom is 0.460 e. The predicted octanol–water partition coefficient (Wildman–Crippen LogP) is 0.710. The molecule has 10 nitrogen and oxygen atoms in total. The number of nitrogens with zero attached hydrogens (tertiary/aromatic N) is 5. The first-order valence-electron chi connectivity index (χ1n) is 6.80. The summed E-state index contributed by atoms with van der Waals surface area (Å²) in [5, 5.41) is 30.5. The topological polar surface area (TPSA) is 124 Å². The van der Waals surface area contributed by atoms with Crippen LogP contribution in [0, 0.1) is 5.21 Å². The van der Waals surface area contributed by atoms with Crippen LogP contribution in [0.3, 0.4) is 0 Å². The van der Waals surface area contributed by atoms with Crippen LogP contribution in [-0.2, 0) is 0 Å². The smallest absolute Gasteiger partial charge is 0.460 e. The van der Waals surface area contributed by atoms with E-state index in [0.717, 1.165) is 11.3 Å². The molecule has 1 aromatic heterocycles. The molecular weight excluding hydrogens is 306 g/mol. The van der Waals surface area contributed by atoms with Crippen molar-refractivity contribution in [2.75, 3.05) is 41.9 Å². The molecule has 0 aromatic carbocycles. The molecule has 0 spiro atoms. The molecule has 0 atom stereocenters. The zero-order valence-corrected chi connectivity index (χ0v) is 12.7. The second-order valence-electron chi connectivity index (χ2n) is 4.96. The van der Waals surface area contributed by atoms with E-state index in [1.807, 2.05) is 17.1 Å². The number of hydrogen-bond donors (Lipinski definition) is 2. The van der Waals surface area contributed by atoms with Crippen LogP contribution in [0.2, 0.25) is 0 Å². The number of anilines is 3. The molecule has 2 rings (SSSR count). The van der Waals surface area contributed by atoms with Gasteiger partial charge in [-0.3, -0.25) is 0 Å². The summed E-state index contributed by atoms with van der Waals surface area (Å²) < 4.78 is 0.186. The van der Waals surface area contributed by atoms with E-state index >= 15 is 0 Å². The molecule has 0 saturated heterocycles. The maximum atomic E-state index is 12.3. The summed E-state index contributed by atoms with van der Waals surface area (Å²) in [7, 11) is 2.38. The molecule has 10 heteroatoms. The van der Waals surface area contributed by atoms with Gasteiger partial charge in [-0.2, -0.15) is 4.90 Å². The van der Waals surface area contributed by atoms with E-state index in [2.05, 4.69) is 4.98 Å². The van der Waals surface area contributed by atoms with Crippen LogP contribution >= 0.6 is 0 Å². The molecule has 0 saturated carbocycles. The third-order valence-corrected chi connectivity index (χ3v) is 3.46. The summed E-state index contributed by atoms with van der Waals surface area (Å²) in [6.07, 6.45) is 1.99. The highest BCUT2D eigenvalue weighted by Crippen LogP contribution is 2.22. The van der Waals surface area contributed by atoms with E-state index < -0.39 is 18.1 Å². The molecule has 0 bridgehead atoms. The Balaban J connectivity index is 2.56. The van der Waals surface area contributed by atoms with E-state index in [9.17, 15) is 14.8 Å². The van der Waals surface area contributed by atoms with E-state index in [1.54, 1.807) is 0 Å². The fourth-order valence-electron chi connectivity index (χ4n) is 2.10. The summed E-state index contributed by atoms with van der Waals surface area (Å²) in [6.45, 7) is 1.18. The molecule has 1 aliphatic rings. The first-order valence-corrected chi connectivity index (χ1v) is 6.80. The van der Waals surface area contributed by atoms with E-state index in [1.165, 1.54) is 20.2 Å². The molecule has 23 heavy (non-hydrogen) atoms. The fraction of sp³-hybridized carbons (Fsp3) is 0.385. The molecule has 0 unspecified atom stereocenters. The van der Waals surface area contributed by atoms with Crippen molar-refractivity contribution < 1.29 is 24.5 Å². The highest BCUT2D eigenvalue weighted by atomic mass is 16.5. The second-order valence-corrected chi connectivity index (χ2v) is 4.96. The van der Waals surface area contributed by atoms with Gasteiger partial charge in [-0.15, -0.1) is 0 Å². The molecular formula is C13H17N5O5. The van der Waals surface area contributed by atoms with Crippen molar-refractivity contribution in [1.82, 2.24) is 4.98 Å². The molecule has 1 aliphatic heterocycles. The zero-order chi connectivity index (χ0) is 17.1. The lowest BCUT2D eigenvalue weighted by Gasteiger charge is -2.26. The van der Waals surface area contributed by atoms with E-state index in [0.29, 0.717) is 23.8 Å². The van der Waals surface area contributed by atoms with Gasteiger partial charge in [0, 0.05) is 13.1 Å². The van der Waals surface area contributed by atoms with Crippen LogP contribution in [0.5, 0.6) is 0 Å². The third-order valence-electron chi connectivity index (χ3n) is 3.46. The Kier molecular flexibility index (Phi) is 4.53. The van der Waals surface area contributed by atoms with Crippen molar-refractivity contribution in [2.24, 2.45) is 0 Å². The maximum absolute atomic E-state index is 12.3. The van der Waals surface area contributed by atoms with Crippen LogP contribution in [0.1, 0.15) is 6.42 Å². The van der Waals surface area contributed by atoms with Gasteiger partial charge in [0.2, 0.25) is 5.82 Å². The van der Waals surface area contributed by atoms with Crippen molar-refractivity contribution >= 4 is 29.8 Å². The second kappa shape index (κ2) is 6.38. The summed E-state index contributed by atoms with van der Waals surface area (Å²) in [5.74, 6) is -0.291. The highest BCUT2D eigenvalue weighted by Gasteiger charge is 2.28. The Morgan fingerprint density at radius 1 is 1.26 bits per heavy atom. The lowest BCUT2D eigenvalue weighted by molar-refractivity contribution is -0.580. The van der Waals surface area contributed by atoms with Crippen molar-refractivity contribution in [1.29, 1.82) is 0 Å². The van der Waals surface area contributed by atoms with Crippen LogP contribution in [-0.4, -0.2) is 54.6 Å². The van der Waals surface area contributed by atoms with Gasteiger partial charge in [0.25, 0.3) is 0 Å². The summed E-state index contributed by atoms with van der Waals surface area (Å²) in [4.78, 5) is 29.6. The van der Waals surface area contributed by atoms with Crippen molar-refractivity contribution in [3.05, 3.63) is 23.4 Å². The monoisotopic (exact) mass is 323 g/mol. The van der Waals surface area contributed by atoms with Crippen molar-refractivity contribution in [3.8, 4) is 0 Å². The Morgan fingerprint density at radius 3 is 2.43 bits per heavy atom. The van der Waals surface area contributed by atoms with Gasteiger partial charge in [0.1, 0.15) is 0 Å². The Labute approximate surface area is 132 Å². The van der Waals surface area contributed by atoms with Crippen LogP contribution in [0.25, 0.3) is 0 Å². The quantitative estimate of drug-likeness (QED) is 0.477. The van der Waals surface area contributed by atoms with Gasteiger partial charge in [-0.25, -0.2) is 19.2 Å². The van der Waals surface area contributed by atoms with Gasteiger partial charge < -0.3 is 20.3 Å². The van der Waals surface area contributed by atoms with Gasteiger partial charge >= 0.3 is 18.1 Å². The highest BCUT2D eigenvalue weighted by molar-refractivity contribution is 5.85. The normalized spacial score (nSPS) is 13.7. The molecule has 1 aromatic rings. The Bertz CT molecular complexity index is 621. The van der Waals surface area contributed by atoms with Gasteiger partial charge in [-0.1, -0.05) is 17.1 Å². The van der Waals surface area contributed by atoms with E-state index in [4.69, 9.17) is 10.2 Å². The third kappa shape index (κ3) is 3.25. The molecule has 124 valence electrons. The zero-order valence-electron chi connectivity index (χ0n) is 12.7. The Hall–Kier alpha value is -3.04. The number of rotatable bonds is 3. The first kappa shape index (κ1) is 16.3. The minimum atomic E-state index is -1.37. The number of hydrogen-bond acceptors (Lipinski definition) is 5. The average molecular weight is 323 g/mol. The number of carboxylic acid groups (broad SMARTS) is 2. The molecule has 0 radical (unpaired) electrons. The molecule has 2 amide bonds. The fourth-order valence-corrected chi connectivity index (χ4v) is 2.10. The van der Waals surface area contributed by atoms with Crippen molar-refractivity contribution in [3.63, 3.8) is 0 Å². The number of amides is 2. The molecule has 0 fully saturated rings. The van der Waals surface area contributed by atoms with Crippen molar-refractivity contribution in [2.45, 2.75) is 6.42 Å². The van der Waals surface area contributed by atoms with E-state index in [-0.39, 0.29) is 10.5 Å². The lowest BCUT2D eigenvalue weighted by atomic mass is 10.2. The Morgan fingerprint density at radius 2 is 1.91 bits per heavy atom. The molecule has 2 heterocycles. The predicted molar refractivity (Wildman–Crippen MR) is 82.0 cm³/mol. The van der Waals surface area contributed by atoms with Gasteiger partial charge in [0.05, 0.1) is 20.2 Å². The van der Waals surface area contributed by atoms with Gasteiger partial charge in [0.15, 0.2) is 5.82 Å². The standard InChI is InChI=1S/C13H17N5O5/c1-15(12(19)20)10-8-9(17-6-4-3-5-7-17)14-11(18(10)23)16(2)13(21)22/h3-4,8H,5-7H2,1-2H3,(H,19,20)(H,21,22). The average Bonchev–Trinajstić information content (AvgIpc) is 2.54. The SMILES string of the molecule is CN(C(=O)O)c1cc(N2CC=CCC2)nc(N(C)C(=O)O)[n+]1[O-]. The lowest BCUT2D eigenvalue weighted by Crippen LogP contribution is -2.46. The summed E-state index contributed by atoms with van der Waals surface area (Å²) >= 11 is 0. The molecule has 0 aliphatic carbocycles. The summed E-state index contributed by atoms with van der Waals surface area (Å²) in [5.41, 5.74) is 0. The summed E-state index contributed by atoms with van der Waals surface area (Å²) in [6, 6.07) is 1.33. The minimum Gasteiger partial charge on any atom is -0.754 e. The molecule has 2 N–H and O–H groups in total. The first-order chi connectivity index (χ1) is 10.8. The number of aromatic nitrogens is 2. The van der Waals surface area contributed by atoms with Crippen LogP contribution in [0.4, 0.5) is 27.2 Å². The number of carbonyl (C=O) groups is 2. The minimum absolute atomic E-state index is 0.186.